The Morgan fingerprint density at radius 3 is 2.33 bits per heavy atom. The Balaban J connectivity index is 0.00000400. The fourth-order valence-electron chi connectivity index (χ4n) is 2.01. The number of halogens is 1. The number of aryl methyl sites for hydroxylation is 1. The molecule has 1 unspecified atom stereocenters. The van der Waals surface area contributed by atoms with Crippen molar-refractivity contribution in [3.63, 3.8) is 0 Å². The molecule has 5 nitrogen and oxygen atoms in total. The molecule has 118 valence electrons. The normalized spacial score (nSPS) is 11.5. The second kappa shape index (κ2) is 9.37. The number of hydrogen-bond acceptors (Lipinski definition) is 3. The summed E-state index contributed by atoms with van der Waals surface area (Å²) in [5, 5.41) is 5.43. The van der Waals surface area contributed by atoms with E-state index in [4.69, 9.17) is 5.73 Å². The lowest BCUT2D eigenvalue weighted by Crippen LogP contribution is -2.41. The summed E-state index contributed by atoms with van der Waals surface area (Å²) in [5.74, 6) is -0.295. The van der Waals surface area contributed by atoms with Crippen LogP contribution in [0, 0.1) is 12.8 Å². The van der Waals surface area contributed by atoms with Crippen LogP contribution in [0.5, 0.6) is 0 Å². The molecule has 0 saturated heterocycles. The van der Waals surface area contributed by atoms with Gasteiger partial charge in [0.15, 0.2) is 0 Å². The molecule has 0 spiro atoms. The van der Waals surface area contributed by atoms with Crippen LogP contribution in [-0.4, -0.2) is 24.9 Å². The Kier molecular flexibility index (Phi) is 8.66. The molecule has 21 heavy (non-hydrogen) atoms. The van der Waals surface area contributed by atoms with Gasteiger partial charge in [0.1, 0.15) is 0 Å². The minimum Gasteiger partial charge on any atom is -0.347 e. The molecule has 0 radical (unpaired) electrons. The van der Waals surface area contributed by atoms with E-state index in [0.717, 1.165) is 11.1 Å². The number of rotatable bonds is 6. The highest BCUT2D eigenvalue weighted by atomic mass is 35.5. The first-order valence-corrected chi connectivity index (χ1v) is 6.77. The maximum Gasteiger partial charge on any atom is 0.239 e. The van der Waals surface area contributed by atoms with Crippen LogP contribution < -0.4 is 16.4 Å². The summed E-state index contributed by atoms with van der Waals surface area (Å²) in [6.45, 7) is 5.96. The van der Waals surface area contributed by atoms with E-state index in [1.165, 1.54) is 0 Å². The Morgan fingerprint density at radius 2 is 1.81 bits per heavy atom. The standard InChI is InChI=1S/C15H23N3O2.ClH/c1-10(2)15(12-7-5-4-6-11(12)3)18-14(20)9-17-13(19)8-16;/h4-7,10,15H,8-9,16H2,1-3H3,(H,17,19)(H,18,20);1H. The second-order valence-electron chi connectivity index (χ2n) is 5.13. The molecule has 0 bridgehead atoms. The molecule has 1 atom stereocenters. The van der Waals surface area contributed by atoms with Gasteiger partial charge in [-0.15, -0.1) is 12.4 Å². The van der Waals surface area contributed by atoms with Gasteiger partial charge in [-0.2, -0.15) is 0 Å². The Labute approximate surface area is 132 Å². The SMILES string of the molecule is Cc1ccccc1C(NC(=O)CNC(=O)CN)C(C)C.Cl. The van der Waals surface area contributed by atoms with Gasteiger partial charge in [-0.05, 0) is 24.0 Å². The monoisotopic (exact) mass is 313 g/mol. The van der Waals surface area contributed by atoms with Gasteiger partial charge in [0.05, 0.1) is 19.1 Å². The zero-order valence-electron chi connectivity index (χ0n) is 12.7. The van der Waals surface area contributed by atoms with E-state index < -0.39 is 0 Å². The van der Waals surface area contributed by atoms with Gasteiger partial charge >= 0.3 is 0 Å². The Hall–Kier alpha value is -1.59. The molecule has 0 aliphatic carbocycles. The third kappa shape index (κ3) is 6.14. The largest absolute Gasteiger partial charge is 0.347 e. The van der Waals surface area contributed by atoms with E-state index in [1.54, 1.807) is 0 Å². The summed E-state index contributed by atoms with van der Waals surface area (Å²) in [6, 6.07) is 7.89. The molecule has 0 aliphatic heterocycles. The molecular weight excluding hydrogens is 290 g/mol. The molecule has 4 N–H and O–H groups in total. The van der Waals surface area contributed by atoms with Gasteiger partial charge in [0.2, 0.25) is 11.8 Å². The molecule has 2 amide bonds. The van der Waals surface area contributed by atoms with Gasteiger partial charge in [-0.1, -0.05) is 38.1 Å². The van der Waals surface area contributed by atoms with Crippen LogP contribution in [-0.2, 0) is 9.59 Å². The van der Waals surface area contributed by atoms with Crippen molar-refractivity contribution < 1.29 is 9.59 Å². The molecule has 0 aromatic heterocycles. The first-order chi connectivity index (χ1) is 9.45. The quantitative estimate of drug-likeness (QED) is 0.740. The summed E-state index contributed by atoms with van der Waals surface area (Å²) in [7, 11) is 0. The lowest BCUT2D eigenvalue weighted by Gasteiger charge is -2.24. The fraction of sp³-hybridized carbons (Fsp3) is 0.467. The van der Waals surface area contributed by atoms with Crippen LogP contribution in [0.1, 0.15) is 31.0 Å². The minimum atomic E-state index is -0.336. The van der Waals surface area contributed by atoms with Crippen molar-refractivity contribution in [3.8, 4) is 0 Å². The number of nitrogens with two attached hydrogens (primary N) is 1. The highest BCUT2D eigenvalue weighted by molar-refractivity contribution is 5.86. The number of carbonyl (C=O) groups excluding carboxylic acids is 2. The van der Waals surface area contributed by atoms with Crippen molar-refractivity contribution in [1.29, 1.82) is 0 Å². The molecule has 0 fully saturated rings. The van der Waals surface area contributed by atoms with E-state index in [-0.39, 0.29) is 49.3 Å². The van der Waals surface area contributed by atoms with Crippen LogP contribution in [0.4, 0.5) is 0 Å². The lowest BCUT2D eigenvalue weighted by atomic mass is 9.92. The van der Waals surface area contributed by atoms with E-state index >= 15 is 0 Å². The zero-order valence-corrected chi connectivity index (χ0v) is 13.5. The molecule has 0 aliphatic rings. The molecule has 0 heterocycles. The van der Waals surface area contributed by atoms with Crippen molar-refractivity contribution in [3.05, 3.63) is 35.4 Å². The van der Waals surface area contributed by atoms with Crippen molar-refractivity contribution >= 4 is 24.2 Å². The number of amides is 2. The number of nitrogens with one attached hydrogen (secondary N) is 2. The summed E-state index contributed by atoms with van der Waals surface area (Å²) in [6.07, 6.45) is 0. The van der Waals surface area contributed by atoms with Crippen molar-refractivity contribution in [1.82, 2.24) is 10.6 Å². The lowest BCUT2D eigenvalue weighted by molar-refractivity contribution is -0.126. The van der Waals surface area contributed by atoms with Gasteiger partial charge in [-0.3, -0.25) is 9.59 Å². The van der Waals surface area contributed by atoms with Crippen molar-refractivity contribution in [2.24, 2.45) is 11.7 Å². The summed E-state index contributed by atoms with van der Waals surface area (Å²) >= 11 is 0. The maximum atomic E-state index is 11.9. The summed E-state index contributed by atoms with van der Waals surface area (Å²) in [4.78, 5) is 22.9. The van der Waals surface area contributed by atoms with E-state index in [0.29, 0.717) is 0 Å². The fourth-order valence-corrected chi connectivity index (χ4v) is 2.01. The van der Waals surface area contributed by atoms with Gasteiger partial charge in [0, 0.05) is 0 Å². The smallest absolute Gasteiger partial charge is 0.239 e. The second-order valence-corrected chi connectivity index (χ2v) is 5.13. The van der Waals surface area contributed by atoms with Crippen molar-refractivity contribution in [2.45, 2.75) is 26.8 Å². The zero-order chi connectivity index (χ0) is 15.1. The Bertz CT molecular complexity index is 478. The highest BCUT2D eigenvalue weighted by Crippen LogP contribution is 2.24. The first kappa shape index (κ1) is 19.4. The molecule has 1 aromatic rings. The molecule has 6 heteroatoms. The molecule has 1 rings (SSSR count). The third-order valence-electron chi connectivity index (χ3n) is 3.14. The third-order valence-corrected chi connectivity index (χ3v) is 3.14. The van der Waals surface area contributed by atoms with E-state index in [9.17, 15) is 9.59 Å². The highest BCUT2D eigenvalue weighted by Gasteiger charge is 2.19. The van der Waals surface area contributed by atoms with Crippen LogP contribution >= 0.6 is 12.4 Å². The van der Waals surface area contributed by atoms with Crippen LogP contribution in [0.3, 0.4) is 0 Å². The predicted octanol–water partition coefficient (Wildman–Crippen LogP) is 1.31. The summed E-state index contributed by atoms with van der Waals surface area (Å²) < 4.78 is 0. The molecule has 1 aromatic carbocycles. The van der Waals surface area contributed by atoms with Gasteiger partial charge < -0.3 is 16.4 Å². The topological polar surface area (TPSA) is 84.2 Å². The van der Waals surface area contributed by atoms with E-state index in [2.05, 4.69) is 24.5 Å². The van der Waals surface area contributed by atoms with Crippen LogP contribution in [0.15, 0.2) is 24.3 Å². The van der Waals surface area contributed by atoms with Crippen LogP contribution in [0.25, 0.3) is 0 Å². The van der Waals surface area contributed by atoms with Crippen LogP contribution in [0.2, 0.25) is 0 Å². The number of carbonyl (C=O) groups is 2. The average molecular weight is 314 g/mol. The molecular formula is C15H24ClN3O2. The minimum absolute atomic E-state index is 0. The predicted molar refractivity (Wildman–Crippen MR) is 86.2 cm³/mol. The maximum absolute atomic E-state index is 11.9. The van der Waals surface area contributed by atoms with E-state index in [1.807, 2.05) is 31.2 Å². The average Bonchev–Trinajstić information content (AvgIpc) is 2.42. The first-order valence-electron chi connectivity index (χ1n) is 6.77. The number of hydrogen-bond donors (Lipinski definition) is 3. The number of benzene rings is 1. The van der Waals surface area contributed by atoms with Gasteiger partial charge in [0.25, 0.3) is 0 Å². The molecule has 0 saturated carbocycles. The summed E-state index contributed by atoms with van der Waals surface area (Å²) in [5.41, 5.74) is 7.41. The van der Waals surface area contributed by atoms with Crippen molar-refractivity contribution in [2.75, 3.05) is 13.1 Å². The Morgan fingerprint density at radius 1 is 1.19 bits per heavy atom. The van der Waals surface area contributed by atoms with Gasteiger partial charge in [-0.25, -0.2) is 0 Å².